The van der Waals surface area contributed by atoms with Crippen molar-refractivity contribution in [3.05, 3.63) is 0 Å². The van der Waals surface area contributed by atoms with Gasteiger partial charge in [0, 0.05) is 0 Å². The molecule has 5 saturated carbocycles. The zero-order valence-electron chi connectivity index (χ0n) is 30.3. The molecule has 0 aromatic carbocycles. The van der Waals surface area contributed by atoms with Gasteiger partial charge in [-0.3, -0.25) is 0 Å². The molecule has 0 atom stereocenters. The van der Waals surface area contributed by atoms with Crippen LogP contribution >= 0.6 is 0 Å². The summed E-state index contributed by atoms with van der Waals surface area (Å²) < 4.78 is 0. The maximum atomic E-state index is 2.34. The molecule has 5 aliphatic rings. The van der Waals surface area contributed by atoms with Crippen LogP contribution < -0.4 is 0 Å². The maximum Gasteiger partial charge on any atom is -0.0417 e. The van der Waals surface area contributed by atoms with Gasteiger partial charge in [-0.15, -0.1) is 0 Å². The topological polar surface area (TPSA) is 0 Å². The highest BCUT2D eigenvalue weighted by Crippen LogP contribution is 2.28. The van der Waals surface area contributed by atoms with Gasteiger partial charge in [0.15, 0.2) is 0 Å². The van der Waals surface area contributed by atoms with Gasteiger partial charge in [-0.1, -0.05) is 252 Å². The first-order valence-corrected chi connectivity index (χ1v) is 19.6. The predicted octanol–water partition coefficient (Wildman–Crippen LogP) is 17.3. The number of rotatable bonds is 4. The average Bonchev–Trinajstić information content (AvgIpc) is 3.86. The van der Waals surface area contributed by atoms with E-state index in [2.05, 4.69) is 34.6 Å². The van der Waals surface area contributed by atoms with Crippen molar-refractivity contribution >= 4 is 0 Å². The molecule has 0 bridgehead atoms. The molecule has 5 aliphatic carbocycles. The molecule has 268 valence electrons. The molecule has 0 nitrogen and oxygen atoms in total. The Morgan fingerprint density at radius 2 is 0.465 bits per heavy atom. The van der Waals surface area contributed by atoms with E-state index in [4.69, 9.17) is 0 Å². The smallest absolute Gasteiger partial charge is 0.0417 e. The van der Waals surface area contributed by atoms with E-state index in [1.165, 1.54) is 167 Å². The van der Waals surface area contributed by atoms with E-state index in [9.17, 15) is 0 Å². The molecule has 43 heavy (non-hydrogen) atoms. The summed E-state index contributed by atoms with van der Waals surface area (Å²) in [6.07, 6.45) is 38.7. The summed E-state index contributed by atoms with van der Waals surface area (Å²) in [7, 11) is 0. The second-order valence-electron chi connectivity index (χ2n) is 13.3. The van der Waals surface area contributed by atoms with Gasteiger partial charge in [-0.05, 0) is 29.6 Å². The minimum atomic E-state index is 0. The van der Waals surface area contributed by atoms with Crippen LogP contribution in [0.15, 0.2) is 0 Å². The first-order valence-electron chi connectivity index (χ1n) is 19.6. The average molecular weight is 613 g/mol. The van der Waals surface area contributed by atoms with E-state index in [1.807, 2.05) is 27.7 Å². The Labute approximate surface area is 280 Å². The minimum Gasteiger partial charge on any atom is -0.0776 e. The molecule has 0 N–H and O–H groups in total. The molecule has 0 heteroatoms. The summed E-state index contributed by atoms with van der Waals surface area (Å²) in [5.41, 5.74) is 0. The van der Waals surface area contributed by atoms with Gasteiger partial charge in [0.1, 0.15) is 0 Å². The Morgan fingerprint density at radius 1 is 0.302 bits per heavy atom. The summed E-state index contributed by atoms with van der Waals surface area (Å²) in [5.74, 6) is 5.41. The Bertz CT molecular complexity index is 375. The lowest BCUT2D eigenvalue weighted by Gasteiger charge is -2.18. The Hall–Kier alpha value is 0. The highest BCUT2D eigenvalue weighted by molar-refractivity contribution is 4.66. The second-order valence-corrected chi connectivity index (χ2v) is 13.3. The van der Waals surface area contributed by atoms with E-state index in [1.54, 1.807) is 0 Å². The Balaban J connectivity index is -0.000000134. The highest BCUT2D eigenvalue weighted by atomic mass is 14.2. The fraction of sp³-hybridized carbons (Fsp3) is 1.00. The van der Waals surface area contributed by atoms with Crippen LogP contribution in [0.4, 0.5) is 0 Å². The van der Waals surface area contributed by atoms with Crippen molar-refractivity contribution in [2.45, 2.75) is 252 Å². The van der Waals surface area contributed by atoms with E-state index in [0.717, 1.165) is 29.6 Å². The lowest BCUT2D eigenvalue weighted by atomic mass is 9.88. The van der Waals surface area contributed by atoms with Crippen LogP contribution in [0.3, 0.4) is 0 Å². The summed E-state index contributed by atoms with van der Waals surface area (Å²) in [5, 5.41) is 0. The number of hydrogen-bond donors (Lipinski definition) is 0. The fourth-order valence-corrected chi connectivity index (χ4v) is 7.16. The van der Waals surface area contributed by atoms with Crippen molar-refractivity contribution in [2.75, 3.05) is 0 Å². The first kappa shape index (κ1) is 52.5. The molecule has 5 rings (SSSR count). The fourth-order valence-electron chi connectivity index (χ4n) is 7.16. The molecule has 0 aromatic heterocycles. The van der Waals surface area contributed by atoms with Gasteiger partial charge in [0.2, 0.25) is 0 Å². The lowest BCUT2D eigenvalue weighted by Crippen LogP contribution is -2.03. The summed E-state index contributed by atoms with van der Waals surface area (Å²) in [4.78, 5) is 0. The molecule has 0 saturated heterocycles. The van der Waals surface area contributed by atoms with E-state index >= 15 is 0 Å². The minimum absolute atomic E-state index is 0. The third-order valence-electron chi connectivity index (χ3n) is 10.4. The van der Waals surface area contributed by atoms with Crippen LogP contribution in [0.5, 0.6) is 0 Å². The molecular weight excluding hydrogens is 516 g/mol. The highest BCUT2D eigenvalue weighted by Gasteiger charge is 2.12. The van der Waals surface area contributed by atoms with Crippen molar-refractivity contribution in [2.24, 2.45) is 29.6 Å². The SMILES string of the molecule is C.C.C.CC.CC.CC1CCCC1.CCC1CCCC1.CCC1CCCC1.CCC1CCCCC1.CCC1CCCCC1. The lowest BCUT2D eigenvalue weighted by molar-refractivity contribution is 0.349. The van der Waals surface area contributed by atoms with Gasteiger partial charge < -0.3 is 0 Å². The normalized spacial score (nSPS) is 20.3. The predicted molar refractivity (Wildman–Crippen MR) is 209 cm³/mol. The van der Waals surface area contributed by atoms with Gasteiger partial charge >= 0.3 is 0 Å². The van der Waals surface area contributed by atoms with Crippen LogP contribution in [0, 0.1) is 29.6 Å². The third kappa shape index (κ3) is 33.2. The molecule has 5 fully saturated rings. The molecule has 0 unspecified atom stereocenters. The summed E-state index contributed by atoms with van der Waals surface area (Å²) >= 11 is 0. The largest absolute Gasteiger partial charge is 0.0776 e. The number of hydrogen-bond acceptors (Lipinski definition) is 0. The van der Waals surface area contributed by atoms with Crippen molar-refractivity contribution in [1.29, 1.82) is 0 Å². The quantitative estimate of drug-likeness (QED) is 0.296. The van der Waals surface area contributed by atoms with Crippen LogP contribution in [0.25, 0.3) is 0 Å². The van der Waals surface area contributed by atoms with Gasteiger partial charge in [-0.2, -0.15) is 0 Å². The molecular formula is C43H96. The summed E-state index contributed by atoms with van der Waals surface area (Å²) in [6.45, 7) is 19.6. The molecule has 0 aliphatic heterocycles. The maximum absolute atomic E-state index is 2.34. The zero-order valence-corrected chi connectivity index (χ0v) is 30.3. The van der Waals surface area contributed by atoms with Gasteiger partial charge in [-0.25, -0.2) is 0 Å². The Kier molecular flexibility index (Phi) is 51.3. The van der Waals surface area contributed by atoms with E-state index < -0.39 is 0 Å². The molecule has 0 aromatic rings. The monoisotopic (exact) mass is 613 g/mol. The van der Waals surface area contributed by atoms with Crippen molar-refractivity contribution in [3.8, 4) is 0 Å². The summed E-state index contributed by atoms with van der Waals surface area (Å²) in [6, 6.07) is 0. The van der Waals surface area contributed by atoms with Crippen LogP contribution in [-0.4, -0.2) is 0 Å². The molecule has 0 heterocycles. The Morgan fingerprint density at radius 3 is 0.581 bits per heavy atom. The van der Waals surface area contributed by atoms with E-state index in [0.29, 0.717) is 0 Å². The third-order valence-corrected chi connectivity index (χ3v) is 10.4. The molecule has 0 amide bonds. The molecule has 0 radical (unpaired) electrons. The first-order chi connectivity index (χ1) is 19.6. The van der Waals surface area contributed by atoms with Crippen LogP contribution in [0.1, 0.15) is 252 Å². The van der Waals surface area contributed by atoms with Crippen LogP contribution in [0.2, 0.25) is 0 Å². The van der Waals surface area contributed by atoms with Crippen LogP contribution in [-0.2, 0) is 0 Å². The molecule has 0 spiro atoms. The van der Waals surface area contributed by atoms with Gasteiger partial charge in [0.25, 0.3) is 0 Å². The zero-order chi connectivity index (χ0) is 30.3. The van der Waals surface area contributed by atoms with Gasteiger partial charge in [0.05, 0.1) is 0 Å². The standard InChI is InChI=1S/2C8H16.2C7H14.C6H12.2C2H6.3CH4/c2*1-2-8-6-4-3-5-7-8;2*1-2-7-5-3-4-6-7;1-6-4-2-3-5-6;2*1-2;;;/h2*8H,2-7H2,1H3;2*7H,2-6H2,1H3;6H,2-5H2,1H3;2*1-2H3;3*1H4. The van der Waals surface area contributed by atoms with Crippen molar-refractivity contribution in [1.82, 2.24) is 0 Å². The van der Waals surface area contributed by atoms with E-state index in [-0.39, 0.29) is 22.3 Å². The van der Waals surface area contributed by atoms with Crippen molar-refractivity contribution < 1.29 is 0 Å². The second kappa shape index (κ2) is 42.0. The van der Waals surface area contributed by atoms with Crippen molar-refractivity contribution in [3.63, 3.8) is 0 Å².